The zero-order valence-corrected chi connectivity index (χ0v) is 16.8. The summed E-state index contributed by atoms with van der Waals surface area (Å²) in [5.41, 5.74) is 4.48. The fourth-order valence-corrected chi connectivity index (χ4v) is 3.96. The summed E-state index contributed by atoms with van der Waals surface area (Å²) in [6.45, 7) is 6.50. The number of carbonyl (C=O) groups excluding carboxylic acids is 1. The molecule has 1 fully saturated rings. The van der Waals surface area contributed by atoms with Gasteiger partial charge in [-0.05, 0) is 37.6 Å². The Labute approximate surface area is 171 Å². The normalized spacial score (nSPS) is 15.8. The van der Waals surface area contributed by atoms with E-state index in [9.17, 15) is 10.1 Å². The highest BCUT2D eigenvalue weighted by molar-refractivity contribution is 5.98. The van der Waals surface area contributed by atoms with E-state index >= 15 is 0 Å². The second kappa shape index (κ2) is 8.02. The minimum Gasteiger partial charge on any atom is -0.336 e. The number of benzene rings is 2. The fourth-order valence-electron chi connectivity index (χ4n) is 3.96. The van der Waals surface area contributed by atoms with Crippen LogP contribution < -0.4 is 0 Å². The molecule has 1 aliphatic heterocycles. The molecule has 0 spiro atoms. The number of fused-ring (bicyclic) bond motifs is 1. The van der Waals surface area contributed by atoms with Gasteiger partial charge in [0.2, 0.25) is 0 Å². The SMILES string of the molecule is Cc1ccc2nc(C)c(C(=O)N3CCN([C@H](C#N)c4ccccc4)CC3)cc2c1. The molecule has 29 heavy (non-hydrogen) atoms. The standard InChI is InChI=1S/C24H24N4O/c1-17-8-9-22-20(14-17)15-21(18(2)26-22)24(29)28-12-10-27(11-13-28)23(16-25)19-6-4-3-5-7-19/h3-9,14-15,23H,10-13H2,1-2H3/t23-/m1/s1. The van der Waals surface area contributed by atoms with E-state index in [1.807, 2.05) is 67.3 Å². The number of pyridine rings is 1. The van der Waals surface area contributed by atoms with Crippen LogP contribution in [-0.4, -0.2) is 46.9 Å². The van der Waals surface area contributed by atoms with Gasteiger partial charge in [0, 0.05) is 31.6 Å². The minimum absolute atomic E-state index is 0.0197. The molecule has 1 saturated heterocycles. The number of aryl methyl sites for hydroxylation is 2. The Kier molecular flexibility index (Phi) is 5.28. The third-order valence-corrected chi connectivity index (χ3v) is 5.60. The molecule has 1 atom stereocenters. The highest BCUT2D eigenvalue weighted by Crippen LogP contribution is 2.23. The van der Waals surface area contributed by atoms with E-state index in [2.05, 4.69) is 22.0 Å². The van der Waals surface area contributed by atoms with Gasteiger partial charge in [-0.3, -0.25) is 14.7 Å². The van der Waals surface area contributed by atoms with E-state index < -0.39 is 0 Å². The molecule has 0 N–H and O–H groups in total. The van der Waals surface area contributed by atoms with Gasteiger partial charge in [-0.15, -0.1) is 0 Å². The predicted octanol–water partition coefficient (Wildman–Crippen LogP) is 3.87. The Morgan fingerprint density at radius 1 is 1.03 bits per heavy atom. The van der Waals surface area contributed by atoms with Crippen molar-refractivity contribution in [2.24, 2.45) is 0 Å². The Hall–Kier alpha value is -3.23. The van der Waals surface area contributed by atoms with Crippen LogP contribution in [0.3, 0.4) is 0 Å². The highest BCUT2D eigenvalue weighted by Gasteiger charge is 2.28. The number of nitrogens with zero attached hydrogens (tertiary/aromatic N) is 4. The zero-order chi connectivity index (χ0) is 20.4. The Bertz CT molecular complexity index is 1080. The summed E-state index contributed by atoms with van der Waals surface area (Å²) >= 11 is 0. The average molecular weight is 384 g/mol. The summed E-state index contributed by atoms with van der Waals surface area (Å²) < 4.78 is 0. The van der Waals surface area contributed by atoms with Gasteiger partial charge in [-0.1, -0.05) is 42.0 Å². The van der Waals surface area contributed by atoms with E-state index in [4.69, 9.17) is 0 Å². The van der Waals surface area contributed by atoms with Crippen LogP contribution in [0.5, 0.6) is 0 Å². The van der Waals surface area contributed by atoms with Crippen molar-refractivity contribution in [3.63, 3.8) is 0 Å². The van der Waals surface area contributed by atoms with Crippen LogP contribution in [0.15, 0.2) is 54.6 Å². The van der Waals surface area contributed by atoms with Gasteiger partial charge in [0.25, 0.3) is 5.91 Å². The molecule has 0 unspecified atom stereocenters. The summed E-state index contributed by atoms with van der Waals surface area (Å²) in [7, 11) is 0. The lowest BCUT2D eigenvalue weighted by molar-refractivity contribution is 0.0605. The van der Waals surface area contributed by atoms with Gasteiger partial charge in [0.15, 0.2) is 0 Å². The van der Waals surface area contributed by atoms with Crippen molar-refractivity contribution in [3.8, 4) is 6.07 Å². The number of hydrogen-bond donors (Lipinski definition) is 0. The molecule has 0 saturated carbocycles. The Morgan fingerprint density at radius 2 is 1.76 bits per heavy atom. The largest absolute Gasteiger partial charge is 0.336 e. The molecule has 3 aromatic rings. The minimum atomic E-state index is -0.277. The maximum absolute atomic E-state index is 13.2. The van der Waals surface area contributed by atoms with Crippen molar-refractivity contribution in [1.29, 1.82) is 5.26 Å². The molecule has 0 aliphatic carbocycles. The predicted molar refractivity (Wildman–Crippen MR) is 113 cm³/mol. The zero-order valence-electron chi connectivity index (χ0n) is 16.8. The monoisotopic (exact) mass is 384 g/mol. The van der Waals surface area contributed by atoms with Crippen molar-refractivity contribution in [1.82, 2.24) is 14.8 Å². The van der Waals surface area contributed by atoms with Crippen molar-refractivity contribution >= 4 is 16.8 Å². The maximum Gasteiger partial charge on any atom is 0.255 e. The molecule has 2 aromatic carbocycles. The van der Waals surface area contributed by atoms with Crippen LogP contribution in [0.4, 0.5) is 0 Å². The lowest BCUT2D eigenvalue weighted by atomic mass is 10.0. The van der Waals surface area contributed by atoms with Crippen molar-refractivity contribution in [2.75, 3.05) is 26.2 Å². The molecule has 1 amide bonds. The van der Waals surface area contributed by atoms with Crippen molar-refractivity contribution < 1.29 is 4.79 Å². The molecule has 0 bridgehead atoms. The van der Waals surface area contributed by atoms with E-state index in [0.29, 0.717) is 31.7 Å². The summed E-state index contributed by atoms with van der Waals surface area (Å²) in [5, 5.41) is 10.7. The van der Waals surface area contributed by atoms with E-state index in [0.717, 1.165) is 27.7 Å². The first-order valence-corrected chi connectivity index (χ1v) is 9.93. The molecule has 0 radical (unpaired) electrons. The van der Waals surface area contributed by atoms with E-state index in [1.54, 1.807) is 0 Å². The summed E-state index contributed by atoms with van der Waals surface area (Å²) in [6.07, 6.45) is 0. The molecule has 2 heterocycles. The van der Waals surface area contributed by atoms with Gasteiger partial charge in [0.05, 0.1) is 22.8 Å². The third kappa shape index (κ3) is 3.85. The second-order valence-electron chi connectivity index (χ2n) is 7.59. The van der Waals surface area contributed by atoms with Gasteiger partial charge in [0.1, 0.15) is 6.04 Å². The number of hydrogen-bond acceptors (Lipinski definition) is 4. The van der Waals surface area contributed by atoms with Gasteiger partial charge < -0.3 is 4.90 Å². The van der Waals surface area contributed by atoms with Crippen LogP contribution in [-0.2, 0) is 0 Å². The average Bonchev–Trinajstić information content (AvgIpc) is 2.75. The Balaban J connectivity index is 1.50. The molecule has 5 nitrogen and oxygen atoms in total. The second-order valence-corrected chi connectivity index (χ2v) is 7.59. The molecule has 4 rings (SSSR count). The number of amides is 1. The molecular formula is C24H24N4O. The van der Waals surface area contributed by atoms with E-state index in [1.165, 1.54) is 0 Å². The van der Waals surface area contributed by atoms with Gasteiger partial charge in [-0.25, -0.2) is 0 Å². The quantitative estimate of drug-likeness (QED) is 0.688. The Morgan fingerprint density at radius 3 is 2.45 bits per heavy atom. The number of piperazine rings is 1. The van der Waals surface area contributed by atoms with Crippen LogP contribution in [0.25, 0.3) is 10.9 Å². The van der Waals surface area contributed by atoms with Crippen LogP contribution in [0.1, 0.15) is 33.2 Å². The van der Waals surface area contributed by atoms with Crippen LogP contribution in [0.2, 0.25) is 0 Å². The first-order chi connectivity index (χ1) is 14.1. The summed E-state index contributed by atoms with van der Waals surface area (Å²) in [4.78, 5) is 21.8. The smallest absolute Gasteiger partial charge is 0.255 e. The van der Waals surface area contributed by atoms with Gasteiger partial charge in [-0.2, -0.15) is 5.26 Å². The van der Waals surface area contributed by atoms with E-state index in [-0.39, 0.29) is 11.9 Å². The first kappa shape index (κ1) is 19.1. The number of nitriles is 1. The molecular weight excluding hydrogens is 360 g/mol. The molecule has 5 heteroatoms. The third-order valence-electron chi connectivity index (χ3n) is 5.60. The highest BCUT2D eigenvalue weighted by atomic mass is 16.2. The fraction of sp³-hybridized carbons (Fsp3) is 0.292. The number of rotatable bonds is 3. The van der Waals surface area contributed by atoms with Crippen LogP contribution in [0, 0.1) is 25.2 Å². The lowest BCUT2D eigenvalue weighted by Crippen LogP contribution is -2.49. The summed E-state index contributed by atoms with van der Waals surface area (Å²) in [5.74, 6) is 0.0197. The number of aromatic nitrogens is 1. The number of carbonyl (C=O) groups is 1. The van der Waals surface area contributed by atoms with Crippen molar-refractivity contribution in [3.05, 3.63) is 77.0 Å². The van der Waals surface area contributed by atoms with Crippen LogP contribution >= 0.6 is 0 Å². The van der Waals surface area contributed by atoms with Crippen molar-refractivity contribution in [2.45, 2.75) is 19.9 Å². The van der Waals surface area contributed by atoms with Gasteiger partial charge >= 0.3 is 0 Å². The first-order valence-electron chi connectivity index (χ1n) is 9.93. The maximum atomic E-state index is 13.2. The molecule has 1 aliphatic rings. The topological polar surface area (TPSA) is 60.2 Å². The molecule has 1 aromatic heterocycles. The summed E-state index contributed by atoms with van der Waals surface area (Å²) in [6, 6.07) is 20.0. The molecule has 146 valence electrons. The lowest BCUT2D eigenvalue weighted by Gasteiger charge is -2.37.